The molecule has 1 saturated heterocycles. The highest BCUT2D eigenvalue weighted by Crippen LogP contribution is 2.51. The first-order valence-electron chi connectivity index (χ1n) is 10.5. The number of carbonyl (C=O) groups is 1. The lowest BCUT2D eigenvalue weighted by atomic mass is 9.76. The zero-order valence-corrected chi connectivity index (χ0v) is 17.2. The topological polar surface area (TPSA) is 62.4 Å². The second-order valence-corrected chi connectivity index (χ2v) is 8.01. The minimum atomic E-state index is -4.45. The number of likely N-dealkylation sites (N-methyl/N-ethyl adjacent to an activating group) is 1. The van der Waals surface area contributed by atoms with E-state index in [9.17, 15) is 18.0 Å². The summed E-state index contributed by atoms with van der Waals surface area (Å²) in [5, 5.41) is 9.21. The number of rotatable bonds is 5. The Bertz CT molecular complexity index is 920. The van der Waals surface area contributed by atoms with Gasteiger partial charge in [0.15, 0.2) is 0 Å². The first-order valence-corrected chi connectivity index (χ1v) is 10.5. The zero-order valence-electron chi connectivity index (χ0n) is 17.2. The minimum absolute atomic E-state index is 0.0836. The number of hydrogen-bond donors (Lipinski definition) is 3. The van der Waals surface area contributed by atoms with E-state index >= 15 is 0 Å². The Morgan fingerprint density at radius 2 is 1.90 bits per heavy atom. The molecule has 0 bridgehead atoms. The van der Waals surface area contributed by atoms with E-state index < -0.39 is 23.9 Å². The lowest BCUT2D eigenvalue weighted by molar-refractivity contribution is -0.149. The summed E-state index contributed by atoms with van der Waals surface area (Å²) in [5.74, 6) is -0.309. The van der Waals surface area contributed by atoms with E-state index in [1.165, 1.54) is 6.07 Å². The van der Waals surface area contributed by atoms with Gasteiger partial charge in [-0.15, -0.1) is 0 Å². The number of fused-ring (bicyclic) bond motifs is 3. The molecule has 4 rings (SSSR count). The average Bonchev–Trinajstić information content (AvgIpc) is 2.78. The van der Waals surface area contributed by atoms with Crippen LogP contribution < -0.4 is 16.0 Å². The van der Waals surface area contributed by atoms with E-state index in [0.29, 0.717) is 37.2 Å². The molecule has 3 N–H and O–H groups in total. The Morgan fingerprint density at radius 3 is 2.61 bits per heavy atom. The zero-order chi connectivity index (χ0) is 22.0. The molecule has 1 fully saturated rings. The molecular weight excluding hydrogens is 407 g/mol. The van der Waals surface area contributed by atoms with Gasteiger partial charge in [-0.1, -0.05) is 30.3 Å². The molecule has 0 radical (unpaired) electrons. The molecule has 8 heteroatoms. The number of carbonyl (C=O) groups excluding carboxylic acids is 1. The number of benzene rings is 2. The fraction of sp³-hybridized carbons (Fsp3) is 0.435. The van der Waals surface area contributed by atoms with Gasteiger partial charge < -0.3 is 20.7 Å². The lowest BCUT2D eigenvalue weighted by Gasteiger charge is -2.45. The highest BCUT2D eigenvalue weighted by Gasteiger charge is 2.44. The fourth-order valence-corrected chi connectivity index (χ4v) is 4.48. The van der Waals surface area contributed by atoms with Crippen LogP contribution in [0.4, 0.5) is 18.9 Å². The van der Waals surface area contributed by atoms with Gasteiger partial charge in [0.2, 0.25) is 5.91 Å². The van der Waals surface area contributed by atoms with Crippen molar-refractivity contribution >= 4 is 11.6 Å². The summed E-state index contributed by atoms with van der Waals surface area (Å²) in [6.45, 7) is 1.09. The van der Waals surface area contributed by atoms with E-state index in [-0.39, 0.29) is 17.9 Å². The highest BCUT2D eigenvalue weighted by atomic mass is 19.4. The van der Waals surface area contributed by atoms with Gasteiger partial charge in [-0.2, -0.15) is 13.2 Å². The molecule has 0 spiro atoms. The number of amides is 1. The van der Waals surface area contributed by atoms with Crippen molar-refractivity contribution in [2.24, 2.45) is 5.92 Å². The Hall–Kier alpha value is -2.58. The van der Waals surface area contributed by atoms with Crippen LogP contribution in [0.15, 0.2) is 48.5 Å². The van der Waals surface area contributed by atoms with Crippen LogP contribution in [0, 0.1) is 5.92 Å². The van der Waals surface area contributed by atoms with E-state index in [4.69, 9.17) is 4.74 Å². The number of halogens is 3. The van der Waals surface area contributed by atoms with Crippen molar-refractivity contribution in [3.05, 3.63) is 65.2 Å². The molecule has 2 aromatic rings. The van der Waals surface area contributed by atoms with Crippen LogP contribution in [0.25, 0.3) is 0 Å². The molecular formula is C23H26F3N3O2. The molecule has 2 aliphatic rings. The molecule has 1 unspecified atom stereocenters. The molecule has 4 atom stereocenters. The van der Waals surface area contributed by atoms with Gasteiger partial charge in [0.25, 0.3) is 0 Å². The lowest BCUT2D eigenvalue weighted by Crippen LogP contribution is -2.46. The van der Waals surface area contributed by atoms with Crippen LogP contribution in [0.5, 0.6) is 0 Å². The van der Waals surface area contributed by atoms with Crippen molar-refractivity contribution in [3.63, 3.8) is 0 Å². The van der Waals surface area contributed by atoms with Gasteiger partial charge >= 0.3 is 6.18 Å². The van der Waals surface area contributed by atoms with Gasteiger partial charge in [-0.05, 0) is 43.7 Å². The molecule has 5 nitrogen and oxygen atoms in total. The molecule has 31 heavy (non-hydrogen) atoms. The largest absolute Gasteiger partial charge is 0.416 e. The van der Waals surface area contributed by atoms with Crippen LogP contribution in [-0.2, 0) is 15.7 Å². The normalized spacial score (nSPS) is 25.2. The second-order valence-electron chi connectivity index (χ2n) is 8.01. The first kappa shape index (κ1) is 21.6. The quantitative estimate of drug-likeness (QED) is 0.623. The molecule has 0 aliphatic carbocycles. The first-order chi connectivity index (χ1) is 14.9. The maximum Gasteiger partial charge on any atom is 0.416 e. The predicted octanol–water partition coefficient (Wildman–Crippen LogP) is 4.04. The van der Waals surface area contributed by atoms with Crippen molar-refractivity contribution in [2.75, 3.05) is 25.5 Å². The summed E-state index contributed by atoms with van der Waals surface area (Å²) in [4.78, 5) is 12.6. The summed E-state index contributed by atoms with van der Waals surface area (Å²) in [6.07, 6.45) is -4.55. The molecule has 1 amide bonds. The van der Waals surface area contributed by atoms with Crippen molar-refractivity contribution in [2.45, 2.75) is 37.3 Å². The van der Waals surface area contributed by atoms with Gasteiger partial charge in [0.1, 0.15) is 6.10 Å². The minimum Gasteiger partial charge on any atom is -0.378 e. The monoisotopic (exact) mass is 433 g/mol. The van der Waals surface area contributed by atoms with Gasteiger partial charge in [0, 0.05) is 30.3 Å². The Labute approximate surface area is 179 Å². The van der Waals surface area contributed by atoms with Crippen molar-refractivity contribution in [1.82, 2.24) is 10.6 Å². The smallest absolute Gasteiger partial charge is 0.378 e. The molecule has 0 saturated carbocycles. The second kappa shape index (κ2) is 8.88. The SMILES string of the molecule is CNCCNC(=O)[C@@H]1CCC2[C@H](O1)c1cc(C(F)(F)F)ccc1N[C@H]2c1ccccc1. The standard InChI is InChI=1S/C23H26F3N3O2/c1-27-11-12-28-22(30)19-10-8-16-20(14-5-3-2-4-6-14)29-18-9-7-15(23(24,25)26)13-17(18)21(16)31-19/h2-7,9,13,16,19-21,27,29H,8,10-12H2,1H3,(H,28,30)/t16?,19-,20-,21-/m0/s1. The maximum absolute atomic E-state index is 13.4. The van der Waals surface area contributed by atoms with Gasteiger partial charge in [0.05, 0.1) is 17.7 Å². The van der Waals surface area contributed by atoms with E-state index in [1.54, 1.807) is 7.05 Å². The van der Waals surface area contributed by atoms with Crippen LogP contribution >= 0.6 is 0 Å². The fourth-order valence-electron chi connectivity index (χ4n) is 4.48. The average molecular weight is 433 g/mol. The van der Waals surface area contributed by atoms with Gasteiger partial charge in [-0.3, -0.25) is 4.79 Å². The third-order valence-corrected chi connectivity index (χ3v) is 6.01. The van der Waals surface area contributed by atoms with E-state index in [2.05, 4.69) is 16.0 Å². The van der Waals surface area contributed by atoms with Crippen LogP contribution in [0.1, 0.15) is 41.7 Å². The third kappa shape index (κ3) is 4.55. The number of nitrogens with one attached hydrogen (secondary N) is 3. The Morgan fingerprint density at radius 1 is 1.13 bits per heavy atom. The molecule has 2 aliphatic heterocycles. The van der Waals surface area contributed by atoms with Crippen LogP contribution in [-0.4, -0.2) is 32.1 Å². The van der Waals surface area contributed by atoms with Crippen LogP contribution in [0.2, 0.25) is 0 Å². The molecule has 0 aromatic heterocycles. The summed E-state index contributed by atoms with van der Waals surface area (Å²) < 4.78 is 46.3. The molecule has 166 valence electrons. The predicted molar refractivity (Wildman–Crippen MR) is 112 cm³/mol. The van der Waals surface area contributed by atoms with Gasteiger partial charge in [-0.25, -0.2) is 0 Å². The van der Waals surface area contributed by atoms with Crippen molar-refractivity contribution < 1.29 is 22.7 Å². The number of alkyl halides is 3. The summed E-state index contributed by atoms with van der Waals surface area (Å²) in [6, 6.07) is 13.4. The third-order valence-electron chi connectivity index (χ3n) is 6.01. The van der Waals surface area contributed by atoms with E-state index in [1.807, 2.05) is 30.3 Å². The number of hydrogen-bond acceptors (Lipinski definition) is 4. The molecule has 2 heterocycles. The summed E-state index contributed by atoms with van der Waals surface area (Å²) in [5.41, 5.74) is 1.40. The summed E-state index contributed by atoms with van der Waals surface area (Å²) >= 11 is 0. The Kier molecular flexibility index (Phi) is 6.20. The van der Waals surface area contributed by atoms with E-state index in [0.717, 1.165) is 17.7 Å². The van der Waals surface area contributed by atoms with Crippen molar-refractivity contribution in [3.8, 4) is 0 Å². The maximum atomic E-state index is 13.4. The Balaban J connectivity index is 1.66. The molecule has 2 aromatic carbocycles. The van der Waals surface area contributed by atoms with Crippen molar-refractivity contribution in [1.29, 1.82) is 0 Å². The highest BCUT2D eigenvalue weighted by molar-refractivity contribution is 5.81. The summed E-state index contributed by atoms with van der Waals surface area (Å²) in [7, 11) is 1.79. The number of anilines is 1. The van der Waals surface area contributed by atoms with Crippen LogP contribution in [0.3, 0.4) is 0 Å². The number of ether oxygens (including phenoxy) is 1.